The van der Waals surface area contributed by atoms with Gasteiger partial charge < -0.3 is 10.7 Å². The monoisotopic (exact) mass is 350 g/mol. The van der Waals surface area contributed by atoms with E-state index in [1.54, 1.807) is 6.20 Å². The van der Waals surface area contributed by atoms with Crippen LogP contribution in [0.5, 0.6) is 0 Å². The van der Waals surface area contributed by atoms with Gasteiger partial charge >= 0.3 is 0 Å². The van der Waals surface area contributed by atoms with E-state index in [1.807, 2.05) is 39.0 Å². The summed E-state index contributed by atoms with van der Waals surface area (Å²) in [6.07, 6.45) is 1.77. The number of thiophene rings is 1. The average molecular weight is 351 g/mol. The minimum Gasteiger partial charge on any atom is -0.321 e. The van der Waals surface area contributed by atoms with Crippen LogP contribution in [-0.4, -0.2) is 15.0 Å². The third kappa shape index (κ3) is 3.44. The van der Waals surface area contributed by atoms with E-state index in [0.29, 0.717) is 16.0 Å². The first kappa shape index (κ1) is 17.6. The van der Waals surface area contributed by atoms with E-state index < -0.39 is 0 Å². The van der Waals surface area contributed by atoms with Crippen LogP contribution in [0.1, 0.15) is 31.4 Å². The van der Waals surface area contributed by atoms with Crippen molar-refractivity contribution in [3.8, 4) is 10.4 Å². The summed E-state index contributed by atoms with van der Waals surface area (Å²) in [5.41, 5.74) is 8.66. The normalized spacial score (nSPS) is 12.4. The predicted octanol–water partition coefficient (Wildman–Crippen LogP) is 3.43. The summed E-state index contributed by atoms with van der Waals surface area (Å²) in [5.74, 6) is 0.754. The molecule has 0 unspecified atom stereocenters. The highest BCUT2D eigenvalue weighted by Crippen LogP contribution is 2.31. The molecule has 0 aromatic carbocycles. The molecule has 0 saturated carbocycles. The van der Waals surface area contributed by atoms with Crippen molar-refractivity contribution in [2.75, 3.05) is 0 Å². The van der Waals surface area contributed by atoms with Crippen LogP contribution in [0.25, 0.3) is 20.7 Å². The predicted molar refractivity (Wildman–Crippen MR) is 97.2 cm³/mol. The molecule has 0 aliphatic rings. The van der Waals surface area contributed by atoms with Crippen molar-refractivity contribution in [1.29, 1.82) is 0 Å². The van der Waals surface area contributed by atoms with Gasteiger partial charge in [0.25, 0.3) is 5.56 Å². The number of nitrogens with two attached hydrogens (primary N) is 1. The zero-order chi connectivity index (χ0) is 15.9. The number of hydrogen-bond donors (Lipinski definition) is 2. The van der Waals surface area contributed by atoms with Gasteiger partial charge in [-0.3, -0.25) is 9.78 Å². The first-order chi connectivity index (χ1) is 10.5. The molecule has 3 heterocycles. The molecule has 7 heteroatoms. The van der Waals surface area contributed by atoms with Gasteiger partial charge in [0, 0.05) is 16.8 Å². The molecule has 0 aliphatic carbocycles. The SMILES string of the molecule is Cc1cc(-c2cc3nc([C@@H](N)C(C)C)[nH]c(=O)c3s2)ccn1.Cl. The third-order valence-corrected chi connectivity index (χ3v) is 4.79. The lowest BCUT2D eigenvalue weighted by atomic mass is 10.1. The quantitative estimate of drug-likeness (QED) is 0.757. The van der Waals surface area contributed by atoms with Crippen LogP contribution in [0, 0.1) is 12.8 Å². The fourth-order valence-corrected chi connectivity index (χ4v) is 3.26. The number of fused-ring (bicyclic) bond motifs is 1. The van der Waals surface area contributed by atoms with Gasteiger partial charge in [0.15, 0.2) is 0 Å². The summed E-state index contributed by atoms with van der Waals surface area (Å²) < 4.78 is 0.629. The van der Waals surface area contributed by atoms with Crippen molar-refractivity contribution in [1.82, 2.24) is 15.0 Å². The summed E-state index contributed by atoms with van der Waals surface area (Å²) in [7, 11) is 0. The first-order valence-corrected chi connectivity index (χ1v) is 7.99. The van der Waals surface area contributed by atoms with E-state index in [2.05, 4.69) is 15.0 Å². The molecule has 3 aromatic heterocycles. The maximum Gasteiger partial charge on any atom is 0.268 e. The summed E-state index contributed by atoms with van der Waals surface area (Å²) >= 11 is 1.44. The van der Waals surface area contributed by atoms with Gasteiger partial charge in [0.1, 0.15) is 10.5 Å². The number of pyridine rings is 1. The molecule has 0 amide bonds. The summed E-state index contributed by atoms with van der Waals surface area (Å²) in [6, 6.07) is 5.61. The number of halogens is 1. The van der Waals surface area contributed by atoms with Crippen LogP contribution >= 0.6 is 23.7 Å². The number of hydrogen-bond acceptors (Lipinski definition) is 5. The van der Waals surface area contributed by atoms with Crippen LogP contribution < -0.4 is 11.3 Å². The van der Waals surface area contributed by atoms with Crippen LogP contribution in [0.2, 0.25) is 0 Å². The summed E-state index contributed by atoms with van der Waals surface area (Å²) in [6.45, 7) is 5.96. The molecular formula is C16H19ClN4OS. The van der Waals surface area contributed by atoms with Crippen molar-refractivity contribution in [3.05, 3.63) is 46.3 Å². The smallest absolute Gasteiger partial charge is 0.268 e. The Morgan fingerprint density at radius 1 is 1.30 bits per heavy atom. The topological polar surface area (TPSA) is 84.7 Å². The van der Waals surface area contributed by atoms with Crippen LogP contribution in [0.4, 0.5) is 0 Å². The molecule has 0 fully saturated rings. The molecule has 3 N–H and O–H groups in total. The van der Waals surface area contributed by atoms with E-state index >= 15 is 0 Å². The summed E-state index contributed by atoms with van der Waals surface area (Å²) in [5, 5.41) is 0. The Labute approximate surface area is 144 Å². The molecular weight excluding hydrogens is 332 g/mol. The maximum absolute atomic E-state index is 12.3. The van der Waals surface area contributed by atoms with Crippen LogP contribution in [-0.2, 0) is 0 Å². The number of aryl methyl sites for hydroxylation is 1. The molecule has 0 bridgehead atoms. The lowest BCUT2D eigenvalue weighted by Gasteiger charge is -2.13. The fourth-order valence-electron chi connectivity index (χ4n) is 2.27. The summed E-state index contributed by atoms with van der Waals surface area (Å²) in [4.78, 5) is 24.8. The fraction of sp³-hybridized carbons (Fsp3) is 0.312. The Morgan fingerprint density at radius 2 is 2.04 bits per heavy atom. The van der Waals surface area contributed by atoms with Crippen molar-refractivity contribution < 1.29 is 0 Å². The number of rotatable bonds is 3. The molecule has 3 rings (SSSR count). The molecule has 5 nitrogen and oxygen atoms in total. The highest BCUT2D eigenvalue weighted by Gasteiger charge is 2.16. The molecule has 0 saturated heterocycles. The number of aromatic amines is 1. The zero-order valence-electron chi connectivity index (χ0n) is 13.2. The molecule has 0 spiro atoms. The van der Waals surface area contributed by atoms with E-state index in [-0.39, 0.29) is 29.9 Å². The Morgan fingerprint density at radius 3 is 2.70 bits per heavy atom. The molecule has 122 valence electrons. The second-order valence-corrected chi connectivity index (χ2v) is 6.78. The molecule has 23 heavy (non-hydrogen) atoms. The minimum atomic E-state index is -0.274. The van der Waals surface area contributed by atoms with Crippen LogP contribution in [0.3, 0.4) is 0 Å². The Hall–Kier alpha value is -1.76. The highest BCUT2D eigenvalue weighted by molar-refractivity contribution is 7.22. The second-order valence-electron chi connectivity index (χ2n) is 5.73. The number of nitrogens with zero attached hydrogens (tertiary/aromatic N) is 2. The lowest BCUT2D eigenvalue weighted by Crippen LogP contribution is -2.23. The van der Waals surface area contributed by atoms with Gasteiger partial charge in [-0.15, -0.1) is 23.7 Å². The van der Waals surface area contributed by atoms with E-state index in [4.69, 9.17) is 5.73 Å². The maximum atomic E-state index is 12.3. The van der Waals surface area contributed by atoms with Gasteiger partial charge in [-0.25, -0.2) is 4.98 Å². The van der Waals surface area contributed by atoms with Crippen molar-refractivity contribution >= 4 is 34.0 Å². The zero-order valence-corrected chi connectivity index (χ0v) is 14.8. The van der Waals surface area contributed by atoms with Crippen LogP contribution in [0.15, 0.2) is 29.2 Å². The standard InChI is InChI=1S/C16H18N4OS.ClH/c1-8(2)13(17)15-19-11-7-12(22-14(11)16(21)20-15)10-4-5-18-9(3)6-10;/h4-8,13H,17H2,1-3H3,(H,19,20,21);1H/t13-;/m0./s1. The number of H-pyrrole nitrogens is 1. The van der Waals surface area contributed by atoms with Gasteiger partial charge in [-0.2, -0.15) is 0 Å². The molecule has 0 aliphatic heterocycles. The molecule has 3 aromatic rings. The third-order valence-electron chi connectivity index (χ3n) is 3.62. The largest absolute Gasteiger partial charge is 0.321 e. The Balaban J connectivity index is 0.00000192. The van der Waals surface area contributed by atoms with Crippen molar-refractivity contribution in [2.45, 2.75) is 26.8 Å². The van der Waals surface area contributed by atoms with E-state index in [9.17, 15) is 4.79 Å². The molecule has 0 radical (unpaired) electrons. The van der Waals surface area contributed by atoms with E-state index in [0.717, 1.165) is 16.1 Å². The number of aromatic nitrogens is 3. The Kier molecular flexibility index (Phi) is 5.19. The van der Waals surface area contributed by atoms with E-state index in [1.165, 1.54) is 11.3 Å². The highest BCUT2D eigenvalue weighted by atomic mass is 35.5. The minimum absolute atomic E-state index is 0. The first-order valence-electron chi connectivity index (χ1n) is 7.18. The van der Waals surface area contributed by atoms with Crippen molar-refractivity contribution in [2.24, 2.45) is 11.7 Å². The van der Waals surface area contributed by atoms with Gasteiger partial charge in [0.2, 0.25) is 0 Å². The lowest BCUT2D eigenvalue weighted by molar-refractivity contribution is 0.491. The van der Waals surface area contributed by atoms with Gasteiger partial charge in [-0.1, -0.05) is 13.8 Å². The van der Waals surface area contributed by atoms with Gasteiger partial charge in [-0.05, 0) is 36.6 Å². The molecule has 1 atom stereocenters. The van der Waals surface area contributed by atoms with Gasteiger partial charge in [0.05, 0.1) is 11.6 Å². The average Bonchev–Trinajstić information content (AvgIpc) is 2.91. The second kappa shape index (κ2) is 6.78. The number of nitrogens with one attached hydrogen (secondary N) is 1. The van der Waals surface area contributed by atoms with Crippen molar-refractivity contribution in [3.63, 3.8) is 0 Å². The Bertz CT molecular complexity index is 887.